The van der Waals surface area contributed by atoms with Gasteiger partial charge in [-0.2, -0.15) is 0 Å². The van der Waals surface area contributed by atoms with Crippen LogP contribution >= 0.6 is 0 Å². The van der Waals surface area contributed by atoms with Gasteiger partial charge in [0.2, 0.25) is 0 Å². The first-order valence-electron chi connectivity index (χ1n) is 7.99. The monoisotopic (exact) mass is 343 g/mol. The number of carbonyl (C=O) groups is 2. The molecular weight excluding hydrogens is 322 g/mol. The lowest BCUT2D eigenvalue weighted by atomic mass is 10.1. The number of nitrogens with zero attached hydrogens (tertiary/aromatic N) is 1. The molecule has 0 spiro atoms. The molecule has 132 valence electrons. The minimum Gasteiger partial charge on any atom is -0.490 e. The van der Waals surface area contributed by atoms with E-state index in [0.717, 1.165) is 0 Å². The lowest BCUT2D eigenvalue weighted by molar-refractivity contribution is 0.0697. The van der Waals surface area contributed by atoms with Crippen LogP contribution in [0, 0.1) is 0 Å². The molecule has 0 saturated carbocycles. The second kappa shape index (κ2) is 8.19. The summed E-state index contributed by atoms with van der Waals surface area (Å²) in [4.78, 5) is 25.5. The number of amides is 1. The van der Waals surface area contributed by atoms with Crippen LogP contribution in [0.2, 0.25) is 0 Å². The summed E-state index contributed by atoms with van der Waals surface area (Å²) >= 11 is 0. The predicted molar refractivity (Wildman–Crippen MR) is 94.9 cm³/mol. The lowest BCUT2D eigenvalue weighted by Gasteiger charge is -2.20. The number of para-hydroxylation sites is 1. The largest absolute Gasteiger partial charge is 0.490 e. The summed E-state index contributed by atoms with van der Waals surface area (Å²) in [5.41, 5.74) is 0.774. The molecule has 0 atom stereocenters. The van der Waals surface area contributed by atoms with Crippen molar-refractivity contribution in [3.63, 3.8) is 0 Å². The Hall–Kier alpha value is -3.02. The second-order valence-corrected chi connectivity index (χ2v) is 5.21. The first-order chi connectivity index (χ1) is 12.0. The molecule has 2 rings (SSSR count). The molecule has 0 bridgehead atoms. The molecule has 6 heteroatoms. The van der Waals surface area contributed by atoms with Gasteiger partial charge in [-0.25, -0.2) is 4.79 Å². The average Bonchev–Trinajstić information content (AvgIpc) is 2.62. The van der Waals surface area contributed by atoms with E-state index < -0.39 is 5.97 Å². The van der Waals surface area contributed by atoms with E-state index in [9.17, 15) is 14.7 Å². The molecule has 0 aliphatic rings. The van der Waals surface area contributed by atoms with Gasteiger partial charge in [0.15, 0.2) is 11.5 Å². The first-order valence-corrected chi connectivity index (χ1v) is 7.99. The predicted octanol–water partition coefficient (Wildman–Crippen LogP) is 3.46. The quantitative estimate of drug-likeness (QED) is 0.833. The number of carboxylic acids is 1. The third-order valence-corrected chi connectivity index (χ3v) is 3.59. The van der Waals surface area contributed by atoms with Crippen molar-refractivity contribution in [3.8, 4) is 11.5 Å². The van der Waals surface area contributed by atoms with Crippen LogP contribution in [0.3, 0.4) is 0 Å². The minimum atomic E-state index is -1.09. The molecule has 0 heterocycles. The molecular formula is C19H21NO5. The number of rotatable bonds is 7. The highest BCUT2D eigenvalue weighted by atomic mass is 16.5. The van der Waals surface area contributed by atoms with Crippen LogP contribution < -0.4 is 14.4 Å². The fraction of sp³-hybridized carbons (Fsp3) is 0.263. The standard InChI is InChI=1S/C19H21NO5/c1-4-24-16-11-10-13(12-17(16)25-5-2)18(21)20(3)15-9-7-6-8-14(15)19(22)23/h6-12H,4-5H2,1-3H3,(H,22,23). The average molecular weight is 343 g/mol. The minimum absolute atomic E-state index is 0.0642. The summed E-state index contributed by atoms with van der Waals surface area (Å²) in [5, 5.41) is 9.30. The van der Waals surface area contributed by atoms with Gasteiger partial charge >= 0.3 is 5.97 Å². The maximum absolute atomic E-state index is 12.8. The molecule has 0 aromatic heterocycles. The van der Waals surface area contributed by atoms with E-state index in [-0.39, 0.29) is 11.5 Å². The summed E-state index contributed by atoms with van der Waals surface area (Å²) in [6, 6.07) is 11.3. The van der Waals surface area contributed by atoms with Gasteiger partial charge in [0.1, 0.15) is 0 Å². The molecule has 2 aromatic rings. The number of aromatic carboxylic acids is 1. The number of carboxylic acid groups (broad SMARTS) is 1. The van der Waals surface area contributed by atoms with E-state index in [2.05, 4.69) is 0 Å². The van der Waals surface area contributed by atoms with E-state index in [4.69, 9.17) is 9.47 Å². The van der Waals surface area contributed by atoms with Crippen molar-refractivity contribution in [2.24, 2.45) is 0 Å². The lowest BCUT2D eigenvalue weighted by Crippen LogP contribution is -2.28. The summed E-state index contributed by atoms with van der Waals surface area (Å²) in [6.45, 7) is 4.64. The van der Waals surface area contributed by atoms with Gasteiger partial charge in [-0.3, -0.25) is 4.79 Å². The molecule has 1 amide bonds. The summed E-state index contributed by atoms with van der Waals surface area (Å²) in [6.07, 6.45) is 0. The van der Waals surface area contributed by atoms with E-state index >= 15 is 0 Å². The Bertz CT molecular complexity index is 772. The van der Waals surface area contributed by atoms with Gasteiger partial charge in [0.05, 0.1) is 24.5 Å². The van der Waals surface area contributed by atoms with Gasteiger partial charge in [-0.1, -0.05) is 12.1 Å². The number of hydrogen-bond donors (Lipinski definition) is 1. The molecule has 25 heavy (non-hydrogen) atoms. The van der Waals surface area contributed by atoms with Crippen LogP contribution in [-0.2, 0) is 0 Å². The Morgan fingerprint density at radius 2 is 1.64 bits per heavy atom. The first kappa shape index (κ1) is 18.3. The Morgan fingerprint density at radius 1 is 1.00 bits per heavy atom. The molecule has 0 fully saturated rings. The van der Waals surface area contributed by atoms with Crippen molar-refractivity contribution in [2.75, 3.05) is 25.2 Å². The number of carbonyl (C=O) groups excluding carboxylic acids is 1. The summed E-state index contributed by atoms with van der Waals surface area (Å²) < 4.78 is 11.0. The summed E-state index contributed by atoms with van der Waals surface area (Å²) in [5.74, 6) is -0.376. The van der Waals surface area contributed by atoms with E-state index in [0.29, 0.717) is 36.0 Å². The van der Waals surface area contributed by atoms with Gasteiger partial charge in [-0.15, -0.1) is 0 Å². The highest BCUT2D eigenvalue weighted by Gasteiger charge is 2.20. The van der Waals surface area contributed by atoms with Crippen LogP contribution in [0.15, 0.2) is 42.5 Å². The fourth-order valence-electron chi connectivity index (χ4n) is 2.43. The topological polar surface area (TPSA) is 76.1 Å². The Morgan fingerprint density at radius 3 is 2.28 bits per heavy atom. The van der Waals surface area contributed by atoms with Crippen molar-refractivity contribution >= 4 is 17.6 Å². The van der Waals surface area contributed by atoms with E-state index in [1.165, 1.54) is 11.0 Å². The third-order valence-electron chi connectivity index (χ3n) is 3.59. The summed E-state index contributed by atoms with van der Waals surface area (Å²) in [7, 11) is 1.54. The molecule has 0 saturated heterocycles. The van der Waals surface area contributed by atoms with E-state index in [1.54, 1.807) is 43.4 Å². The molecule has 6 nitrogen and oxygen atoms in total. The van der Waals surface area contributed by atoms with Crippen LogP contribution in [0.1, 0.15) is 34.6 Å². The normalized spacial score (nSPS) is 10.2. The molecule has 1 N–H and O–H groups in total. The van der Waals surface area contributed by atoms with Crippen molar-refractivity contribution in [2.45, 2.75) is 13.8 Å². The Balaban J connectivity index is 2.37. The molecule has 0 aliphatic carbocycles. The zero-order chi connectivity index (χ0) is 18.4. The van der Waals surface area contributed by atoms with Crippen molar-refractivity contribution in [1.29, 1.82) is 0 Å². The van der Waals surface area contributed by atoms with Gasteiger partial charge in [0.25, 0.3) is 5.91 Å². The van der Waals surface area contributed by atoms with Gasteiger partial charge in [0, 0.05) is 12.6 Å². The maximum Gasteiger partial charge on any atom is 0.337 e. The smallest absolute Gasteiger partial charge is 0.337 e. The highest BCUT2D eigenvalue weighted by Crippen LogP contribution is 2.30. The number of ether oxygens (including phenoxy) is 2. The van der Waals surface area contributed by atoms with Crippen LogP contribution in [0.4, 0.5) is 5.69 Å². The molecule has 0 unspecified atom stereocenters. The zero-order valence-electron chi connectivity index (χ0n) is 14.5. The molecule has 2 aromatic carbocycles. The van der Waals surface area contributed by atoms with Crippen molar-refractivity contribution in [1.82, 2.24) is 0 Å². The van der Waals surface area contributed by atoms with Crippen molar-refractivity contribution < 1.29 is 24.2 Å². The van der Waals surface area contributed by atoms with Crippen LogP contribution in [0.5, 0.6) is 11.5 Å². The van der Waals surface area contributed by atoms with Gasteiger partial charge < -0.3 is 19.5 Å². The Kier molecular flexibility index (Phi) is 6.00. The molecule has 0 radical (unpaired) electrons. The van der Waals surface area contributed by atoms with Crippen molar-refractivity contribution in [3.05, 3.63) is 53.6 Å². The molecule has 0 aliphatic heterocycles. The van der Waals surface area contributed by atoms with Crippen LogP contribution in [0.25, 0.3) is 0 Å². The zero-order valence-corrected chi connectivity index (χ0v) is 14.5. The third kappa shape index (κ3) is 4.09. The number of benzene rings is 2. The second-order valence-electron chi connectivity index (χ2n) is 5.21. The van der Waals surface area contributed by atoms with Crippen LogP contribution in [-0.4, -0.2) is 37.2 Å². The number of hydrogen-bond acceptors (Lipinski definition) is 4. The Labute approximate surface area is 146 Å². The van der Waals surface area contributed by atoms with Gasteiger partial charge in [-0.05, 0) is 44.2 Å². The van der Waals surface area contributed by atoms with E-state index in [1.807, 2.05) is 13.8 Å². The SMILES string of the molecule is CCOc1ccc(C(=O)N(C)c2ccccc2C(=O)O)cc1OCC. The number of anilines is 1. The fourth-order valence-corrected chi connectivity index (χ4v) is 2.43. The maximum atomic E-state index is 12.8. The highest BCUT2D eigenvalue weighted by molar-refractivity contribution is 6.09.